The van der Waals surface area contributed by atoms with Crippen LogP contribution in [0.15, 0.2) is 30.9 Å². The van der Waals surface area contributed by atoms with Crippen LogP contribution in [0.1, 0.15) is 12.1 Å². The summed E-state index contributed by atoms with van der Waals surface area (Å²) < 4.78 is 27.4. The third-order valence-electron chi connectivity index (χ3n) is 4.37. The zero-order valence-electron chi connectivity index (χ0n) is 13.7. The summed E-state index contributed by atoms with van der Waals surface area (Å²) in [5, 5.41) is 4.18. The average molecular weight is 345 g/mol. The van der Waals surface area contributed by atoms with Gasteiger partial charge in [-0.3, -0.25) is 0 Å². The molecule has 3 aromatic heterocycles. The van der Waals surface area contributed by atoms with Crippen molar-refractivity contribution in [2.45, 2.75) is 6.43 Å². The normalized spacial score (nSPS) is 16.1. The molecule has 0 N–H and O–H groups in total. The van der Waals surface area contributed by atoms with Crippen LogP contribution >= 0.6 is 0 Å². The lowest BCUT2D eigenvalue weighted by atomic mass is 10.2. The van der Waals surface area contributed by atoms with Crippen molar-refractivity contribution in [3.63, 3.8) is 0 Å². The molecule has 130 valence electrons. The maximum atomic E-state index is 12.9. The molecule has 1 fully saturated rings. The molecule has 25 heavy (non-hydrogen) atoms. The highest BCUT2D eigenvalue weighted by atomic mass is 19.3. The highest BCUT2D eigenvalue weighted by Crippen LogP contribution is 2.26. The Labute approximate surface area is 142 Å². The molecule has 0 atom stereocenters. The van der Waals surface area contributed by atoms with E-state index in [0.717, 1.165) is 32.0 Å². The maximum Gasteiger partial charge on any atom is 0.280 e. The minimum absolute atomic E-state index is 0.275. The second kappa shape index (κ2) is 6.32. The van der Waals surface area contributed by atoms with Gasteiger partial charge in [-0.1, -0.05) is 0 Å². The van der Waals surface area contributed by atoms with Crippen LogP contribution < -0.4 is 4.90 Å². The number of halogens is 2. The Morgan fingerprint density at radius 2 is 1.92 bits per heavy atom. The van der Waals surface area contributed by atoms with Gasteiger partial charge in [-0.15, -0.1) is 0 Å². The number of piperazine rings is 1. The molecular formula is C16H17F2N7. The fourth-order valence-corrected chi connectivity index (χ4v) is 2.89. The highest BCUT2D eigenvalue weighted by Gasteiger charge is 2.18. The first kappa shape index (κ1) is 15.8. The number of anilines is 1. The van der Waals surface area contributed by atoms with E-state index in [0.29, 0.717) is 16.9 Å². The Kier molecular flexibility index (Phi) is 4.00. The van der Waals surface area contributed by atoms with Gasteiger partial charge in [0.15, 0.2) is 5.65 Å². The van der Waals surface area contributed by atoms with Crippen molar-refractivity contribution in [2.24, 2.45) is 0 Å². The minimum Gasteiger partial charge on any atom is -0.354 e. The molecule has 7 nitrogen and oxygen atoms in total. The number of hydrogen-bond donors (Lipinski definition) is 0. The van der Waals surface area contributed by atoms with Crippen molar-refractivity contribution in [1.82, 2.24) is 29.5 Å². The van der Waals surface area contributed by atoms with Crippen LogP contribution in [-0.4, -0.2) is 62.7 Å². The summed E-state index contributed by atoms with van der Waals surface area (Å²) in [5.74, 6) is 0.822. The van der Waals surface area contributed by atoms with Gasteiger partial charge in [0.2, 0.25) is 0 Å². The summed E-state index contributed by atoms with van der Waals surface area (Å²) in [7, 11) is 2.09. The fourth-order valence-electron chi connectivity index (χ4n) is 2.89. The van der Waals surface area contributed by atoms with Crippen LogP contribution in [0.4, 0.5) is 14.6 Å². The SMILES string of the molecule is CN1CCN(c2cc(-c3cnn4ccc(C(F)F)nc34)ncn2)CC1. The Morgan fingerprint density at radius 1 is 1.12 bits per heavy atom. The Morgan fingerprint density at radius 3 is 2.68 bits per heavy atom. The molecule has 1 aliphatic rings. The first-order chi connectivity index (χ1) is 12.1. The van der Waals surface area contributed by atoms with Crippen LogP contribution in [0.25, 0.3) is 16.9 Å². The van der Waals surface area contributed by atoms with Crippen molar-refractivity contribution in [3.05, 3.63) is 36.5 Å². The summed E-state index contributed by atoms with van der Waals surface area (Å²) in [6.07, 6.45) is 1.94. The van der Waals surface area contributed by atoms with E-state index in [-0.39, 0.29) is 5.69 Å². The number of nitrogens with zero attached hydrogens (tertiary/aromatic N) is 7. The van der Waals surface area contributed by atoms with Gasteiger partial charge in [-0.2, -0.15) is 5.10 Å². The standard InChI is InChI=1S/C16H17F2N7/c1-23-4-6-24(7-5-23)14-8-13(19-10-20-14)11-9-21-25-3-2-12(15(17)18)22-16(11)25/h2-3,8-10,15H,4-7H2,1H3. The zero-order valence-corrected chi connectivity index (χ0v) is 13.7. The third kappa shape index (κ3) is 3.02. The summed E-state index contributed by atoms with van der Waals surface area (Å²) in [5.41, 5.74) is 1.32. The van der Waals surface area contributed by atoms with E-state index in [1.165, 1.54) is 23.1 Å². The number of aromatic nitrogens is 5. The number of hydrogen-bond acceptors (Lipinski definition) is 6. The predicted molar refractivity (Wildman–Crippen MR) is 88.7 cm³/mol. The zero-order chi connectivity index (χ0) is 17.4. The molecule has 1 aliphatic heterocycles. The Hall–Kier alpha value is -2.68. The molecule has 0 amide bonds. The first-order valence-corrected chi connectivity index (χ1v) is 8.00. The van der Waals surface area contributed by atoms with Gasteiger partial charge in [0.1, 0.15) is 17.8 Å². The number of alkyl halides is 2. The summed E-state index contributed by atoms with van der Waals surface area (Å²) in [6, 6.07) is 3.13. The van der Waals surface area contributed by atoms with Crippen LogP contribution in [0.2, 0.25) is 0 Å². The van der Waals surface area contributed by atoms with Gasteiger partial charge >= 0.3 is 0 Å². The third-order valence-corrected chi connectivity index (χ3v) is 4.37. The number of fused-ring (bicyclic) bond motifs is 1. The average Bonchev–Trinajstić information content (AvgIpc) is 3.05. The van der Waals surface area contributed by atoms with E-state index in [1.807, 2.05) is 6.07 Å². The Balaban J connectivity index is 1.71. The predicted octanol–water partition coefficient (Wildman–Crippen LogP) is 1.88. The lowest BCUT2D eigenvalue weighted by molar-refractivity contribution is 0.146. The summed E-state index contributed by atoms with van der Waals surface area (Å²) in [4.78, 5) is 17.1. The fraction of sp³-hybridized carbons (Fsp3) is 0.375. The molecule has 0 radical (unpaired) electrons. The molecule has 1 saturated heterocycles. The highest BCUT2D eigenvalue weighted by molar-refractivity contribution is 5.75. The largest absolute Gasteiger partial charge is 0.354 e. The smallest absolute Gasteiger partial charge is 0.280 e. The van der Waals surface area contributed by atoms with Gasteiger partial charge in [-0.25, -0.2) is 28.2 Å². The molecule has 0 aliphatic carbocycles. The van der Waals surface area contributed by atoms with Gasteiger partial charge in [0.05, 0.1) is 17.5 Å². The van der Waals surface area contributed by atoms with Crippen molar-refractivity contribution in [2.75, 3.05) is 38.1 Å². The molecule has 4 rings (SSSR count). The molecule has 0 spiro atoms. The Bertz CT molecular complexity index is 887. The van der Waals surface area contributed by atoms with Gasteiger partial charge in [0.25, 0.3) is 6.43 Å². The number of rotatable bonds is 3. The molecule has 3 aromatic rings. The second-order valence-corrected chi connectivity index (χ2v) is 6.03. The van der Waals surface area contributed by atoms with Crippen molar-refractivity contribution in [1.29, 1.82) is 0 Å². The monoisotopic (exact) mass is 345 g/mol. The quantitative estimate of drug-likeness (QED) is 0.722. The maximum absolute atomic E-state index is 12.9. The first-order valence-electron chi connectivity index (χ1n) is 8.00. The molecule has 0 aromatic carbocycles. The second-order valence-electron chi connectivity index (χ2n) is 6.03. The molecule has 0 saturated carbocycles. The van der Waals surface area contributed by atoms with E-state index >= 15 is 0 Å². The van der Waals surface area contributed by atoms with E-state index in [1.54, 1.807) is 6.20 Å². The van der Waals surface area contributed by atoms with Gasteiger partial charge in [0, 0.05) is 38.4 Å². The molecule has 0 unspecified atom stereocenters. The van der Waals surface area contributed by atoms with Gasteiger partial charge < -0.3 is 9.80 Å². The van der Waals surface area contributed by atoms with Crippen LogP contribution in [0.3, 0.4) is 0 Å². The lowest BCUT2D eigenvalue weighted by Gasteiger charge is -2.33. The molecular weight excluding hydrogens is 328 g/mol. The lowest BCUT2D eigenvalue weighted by Crippen LogP contribution is -2.44. The number of likely N-dealkylation sites (N-methyl/N-ethyl adjacent to an activating group) is 1. The van der Waals surface area contributed by atoms with Crippen molar-refractivity contribution < 1.29 is 8.78 Å². The topological polar surface area (TPSA) is 62.5 Å². The van der Waals surface area contributed by atoms with E-state index in [4.69, 9.17) is 0 Å². The molecule has 9 heteroatoms. The van der Waals surface area contributed by atoms with Crippen LogP contribution in [0.5, 0.6) is 0 Å². The summed E-state index contributed by atoms with van der Waals surface area (Å²) in [6.45, 7) is 3.70. The van der Waals surface area contributed by atoms with Crippen molar-refractivity contribution >= 4 is 11.5 Å². The van der Waals surface area contributed by atoms with Crippen LogP contribution in [-0.2, 0) is 0 Å². The van der Waals surface area contributed by atoms with Crippen LogP contribution in [0, 0.1) is 0 Å². The van der Waals surface area contributed by atoms with E-state index in [9.17, 15) is 8.78 Å². The summed E-state index contributed by atoms with van der Waals surface area (Å²) >= 11 is 0. The van der Waals surface area contributed by atoms with E-state index in [2.05, 4.69) is 36.9 Å². The molecule has 4 heterocycles. The van der Waals surface area contributed by atoms with Crippen molar-refractivity contribution in [3.8, 4) is 11.3 Å². The molecule has 0 bridgehead atoms. The minimum atomic E-state index is -2.63. The van der Waals surface area contributed by atoms with E-state index < -0.39 is 6.43 Å². The van der Waals surface area contributed by atoms with Gasteiger partial charge in [-0.05, 0) is 13.1 Å².